The molecule has 1 aromatic heterocycles. The Morgan fingerprint density at radius 1 is 1.30 bits per heavy atom. The third kappa shape index (κ3) is 5.42. The summed E-state index contributed by atoms with van der Waals surface area (Å²) in [6, 6.07) is 8.69. The molecule has 0 aliphatic heterocycles. The number of aromatic nitrogens is 1. The molecule has 3 amide bonds. The van der Waals surface area contributed by atoms with E-state index in [0.29, 0.717) is 22.9 Å². The highest BCUT2D eigenvalue weighted by Gasteiger charge is 2.33. The molecule has 1 heterocycles. The number of halogens is 1. The molecule has 1 aliphatic rings. The second-order valence-corrected chi connectivity index (χ2v) is 6.73. The van der Waals surface area contributed by atoms with Gasteiger partial charge in [0, 0.05) is 37.8 Å². The van der Waals surface area contributed by atoms with E-state index in [4.69, 9.17) is 16.3 Å². The maximum absolute atomic E-state index is 12.8. The van der Waals surface area contributed by atoms with Crippen molar-refractivity contribution in [2.75, 3.05) is 24.4 Å². The second kappa shape index (κ2) is 8.83. The molecule has 0 radical (unpaired) electrons. The highest BCUT2D eigenvalue weighted by Crippen LogP contribution is 2.31. The molecule has 0 unspecified atom stereocenters. The normalized spacial score (nSPS) is 13.1. The zero-order valence-corrected chi connectivity index (χ0v) is 15.7. The van der Waals surface area contributed by atoms with Crippen LogP contribution in [0.4, 0.5) is 16.2 Å². The number of hydrogen-bond donors (Lipinski definition) is 2. The van der Waals surface area contributed by atoms with Crippen LogP contribution in [0.25, 0.3) is 0 Å². The summed E-state index contributed by atoms with van der Waals surface area (Å²) in [6.07, 6.45) is 5.42. The molecule has 27 heavy (non-hydrogen) atoms. The predicted molar refractivity (Wildman–Crippen MR) is 104 cm³/mol. The van der Waals surface area contributed by atoms with Crippen LogP contribution in [0, 0.1) is 0 Å². The lowest BCUT2D eigenvalue weighted by molar-refractivity contribution is -0.119. The number of ether oxygens (including phenoxy) is 1. The smallest absolute Gasteiger partial charge is 0.322 e. The van der Waals surface area contributed by atoms with Gasteiger partial charge in [0.1, 0.15) is 6.61 Å². The first-order chi connectivity index (χ1) is 13.1. The van der Waals surface area contributed by atoms with Crippen LogP contribution < -0.4 is 10.6 Å². The van der Waals surface area contributed by atoms with Gasteiger partial charge in [0.05, 0.1) is 10.7 Å². The van der Waals surface area contributed by atoms with Crippen LogP contribution in [-0.4, -0.2) is 41.6 Å². The van der Waals surface area contributed by atoms with E-state index in [-0.39, 0.29) is 24.6 Å². The average molecular weight is 389 g/mol. The Hall–Kier alpha value is -2.64. The Labute approximate surface area is 162 Å². The van der Waals surface area contributed by atoms with Crippen molar-refractivity contribution in [1.82, 2.24) is 9.88 Å². The molecule has 142 valence electrons. The van der Waals surface area contributed by atoms with Crippen LogP contribution in [0.15, 0.2) is 42.7 Å². The number of benzene rings is 1. The molecule has 0 bridgehead atoms. The van der Waals surface area contributed by atoms with Crippen LogP contribution in [0.2, 0.25) is 5.02 Å². The maximum Gasteiger partial charge on any atom is 0.322 e. The Morgan fingerprint density at radius 2 is 2.11 bits per heavy atom. The van der Waals surface area contributed by atoms with Crippen LogP contribution in [0.1, 0.15) is 18.4 Å². The number of carbonyl (C=O) groups excluding carboxylic acids is 2. The molecule has 7 nitrogen and oxygen atoms in total. The molecule has 1 aliphatic carbocycles. The summed E-state index contributed by atoms with van der Waals surface area (Å²) in [5, 5.41) is 5.94. The van der Waals surface area contributed by atoms with Gasteiger partial charge in [-0.3, -0.25) is 9.78 Å². The van der Waals surface area contributed by atoms with Gasteiger partial charge in [-0.1, -0.05) is 17.7 Å². The maximum atomic E-state index is 12.8. The van der Waals surface area contributed by atoms with Crippen LogP contribution in [0.3, 0.4) is 0 Å². The largest absolute Gasteiger partial charge is 0.375 e. The monoisotopic (exact) mass is 388 g/mol. The lowest BCUT2D eigenvalue weighted by Gasteiger charge is -2.23. The highest BCUT2D eigenvalue weighted by molar-refractivity contribution is 6.33. The predicted octanol–water partition coefficient (Wildman–Crippen LogP) is 3.52. The molecular weight excluding hydrogens is 368 g/mol. The number of rotatable bonds is 7. The summed E-state index contributed by atoms with van der Waals surface area (Å²) in [6.45, 7) is 0.428. The average Bonchev–Trinajstić information content (AvgIpc) is 3.48. The number of pyridine rings is 1. The topological polar surface area (TPSA) is 83.6 Å². The highest BCUT2D eigenvalue weighted by atomic mass is 35.5. The summed E-state index contributed by atoms with van der Waals surface area (Å²) in [5.74, 6) is -0.284. The number of amides is 3. The van der Waals surface area contributed by atoms with Gasteiger partial charge in [-0.2, -0.15) is 0 Å². The van der Waals surface area contributed by atoms with E-state index in [0.717, 1.165) is 18.4 Å². The Morgan fingerprint density at radius 3 is 2.78 bits per heavy atom. The minimum Gasteiger partial charge on any atom is -0.375 e. The lowest BCUT2D eigenvalue weighted by atomic mass is 10.2. The van der Waals surface area contributed by atoms with Gasteiger partial charge in [0.15, 0.2) is 0 Å². The fraction of sp³-hybridized carbons (Fsp3) is 0.316. The van der Waals surface area contributed by atoms with Crippen molar-refractivity contribution in [3.63, 3.8) is 0 Å². The number of anilines is 2. The first-order valence-corrected chi connectivity index (χ1v) is 8.99. The molecule has 3 rings (SSSR count). The van der Waals surface area contributed by atoms with E-state index in [1.807, 2.05) is 12.1 Å². The van der Waals surface area contributed by atoms with E-state index in [1.54, 1.807) is 35.5 Å². The summed E-state index contributed by atoms with van der Waals surface area (Å²) < 4.78 is 4.80. The Bertz CT molecular complexity index is 812. The summed E-state index contributed by atoms with van der Waals surface area (Å²) in [7, 11) is 1.45. The number of hydrogen-bond acceptors (Lipinski definition) is 4. The van der Waals surface area contributed by atoms with Crippen molar-refractivity contribution in [1.29, 1.82) is 0 Å². The van der Waals surface area contributed by atoms with Crippen molar-refractivity contribution in [3.8, 4) is 0 Å². The first-order valence-electron chi connectivity index (χ1n) is 8.61. The van der Waals surface area contributed by atoms with Gasteiger partial charge in [0.2, 0.25) is 5.91 Å². The molecule has 0 spiro atoms. The number of carbonyl (C=O) groups is 2. The fourth-order valence-electron chi connectivity index (χ4n) is 2.66. The van der Waals surface area contributed by atoms with Gasteiger partial charge in [0.25, 0.3) is 0 Å². The van der Waals surface area contributed by atoms with Crippen molar-refractivity contribution < 1.29 is 14.3 Å². The number of nitrogens with zero attached hydrogens (tertiary/aromatic N) is 2. The Balaban J connectivity index is 1.70. The van der Waals surface area contributed by atoms with Gasteiger partial charge in [-0.15, -0.1) is 0 Å². The molecular formula is C19H21ClN4O3. The molecule has 1 saturated carbocycles. The van der Waals surface area contributed by atoms with Gasteiger partial charge < -0.3 is 20.3 Å². The number of methoxy groups -OCH3 is 1. The van der Waals surface area contributed by atoms with Crippen molar-refractivity contribution in [3.05, 3.63) is 53.3 Å². The lowest BCUT2D eigenvalue weighted by Crippen LogP contribution is -2.36. The second-order valence-electron chi connectivity index (χ2n) is 6.33. The first kappa shape index (κ1) is 19.1. The minimum absolute atomic E-state index is 0.0507. The SMILES string of the molecule is COCC(=O)Nc1ccc(Cl)c(NC(=O)N(Cc2cccnc2)C2CC2)c1. The van der Waals surface area contributed by atoms with Crippen LogP contribution in [0.5, 0.6) is 0 Å². The molecule has 1 fully saturated rings. The van der Waals surface area contributed by atoms with E-state index in [9.17, 15) is 9.59 Å². The summed E-state index contributed by atoms with van der Waals surface area (Å²) in [5.41, 5.74) is 1.93. The Kier molecular flexibility index (Phi) is 6.26. The van der Waals surface area contributed by atoms with Gasteiger partial charge in [-0.25, -0.2) is 4.79 Å². The van der Waals surface area contributed by atoms with Crippen molar-refractivity contribution >= 4 is 34.9 Å². The van der Waals surface area contributed by atoms with Gasteiger partial charge in [-0.05, 0) is 42.7 Å². The molecule has 0 saturated heterocycles. The minimum atomic E-state index is -0.284. The standard InChI is InChI=1S/C19H21ClN4O3/c1-27-12-18(25)22-14-4-7-16(20)17(9-14)23-19(26)24(15-5-6-15)11-13-3-2-8-21-10-13/h2-4,7-10,15H,5-6,11-12H2,1H3,(H,22,25)(H,23,26). The molecule has 0 atom stereocenters. The molecule has 8 heteroatoms. The fourth-order valence-corrected chi connectivity index (χ4v) is 2.82. The van der Waals surface area contributed by atoms with Crippen molar-refractivity contribution in [2.45, 2.75) is 25.4 Å². The third-order valence-corrected chi connectivity index (χ3v) is 4.42. The van der Waals surface area contributed by atoms with Crippen LogP contribution in [-0.2, 0) is 16.1 Å². The molecule has 2 aromatic rings. The zero-order valence-electron chi connectivity index (χ0n) is 14.9. The van der Waals surface area contributed by atoms with Crippen molar-refractivity contribution in [2.24, 2.45) is 0 Å². The molecule has 2 N–H and O–H groups in total. The third-order valence-electron chi connectivity index (χ3n) is 4.09. The zero-order chi connectivity index (χ0) is 19.2. The number of urea groups is 1. The summed E-state index contributed by atoms with van der Waals surface area (Å²) >= 11 is 6.22. The summed E-state index contributed by atoms with van der Waals surface area (Å²) in [4.78, 5) is 30.4. The van der Waals surface area contributed by atoms with Crippen LogP contribution >= 0.6 is 11.6 Å². The number of nitrogens with one attached hydrogen (secondary N) is 2. The van der Waals surface area contributed by atoms with E-state index in [1.165, 1.54) is 7.11 Å². The molecule has 1 aromatic carbocycles. The van der Waals surface area contributed by atoms with E-state index >= 15 is 0 Å². The van der Waals surface area contributed by atoms with E-state index in [2.05, 4.69) is 15.6 Å². The quantitative estimate of drug-likeness (QED) is 0.760. The van der Waals surface area contributed by atoms with E-state index < -0.39 is 0 Å². The van der Waals surface area contributed by atoms with Gasteiger partial charge >= 0.3 is 6.03 Å².